The highest BCUT2D eigenvalue weighted by Gasteiger charge is 2.60. The van der Waals surface area contributed by atoms with Crippen LogP contribution in [0.15, 0.2) is 11.5 Å². The van der Waals surface area contributed by atoms with Crippen LogP contribution >= 0.6 is 10.2 Å². The van der Waals surface area contributed by atoms with Crippen LogP contribution in [0.5, 0.6) is 0 Å². The molecule has 0 amide bonds. The number of rotatable bonds is 2. The van der Waals surface area contributed by atoms with E-state index in [0.29, 0.717) is 6.08 Å². The molecule has 0 saturated heterocycles. The van der Waals surface area contributed by atoms with Crippen LogP contribution in [0, 0.1) is 0 Å². The van der Waals surface area contributed by atoms with Crippen molar-refractivity contribution in [1.29, 1.82) is 0 Å². The van der Waals surface area contributed by atoms with E-state index in [1.807, 2.05) is 0 Å². The van der Waals surface area contributed by atoms with E-state index >= 15 is 0 Å². The van der Waals surface area contributed by atoms with Gasteiger partial charge >= 0.3 is 10.2 Å². The quantitative estimate of drug-likeness (QED) is 0.561. The second-order valence-corrected chi connectivity index (χ2v) is 4.14. The predicted molar refractivity (Wildman–Crippen MR) is 32.6 cm³/mol. The molecule has 0 nitrogen and oxygen atoms in total. The van der Waals surface area contributed by atoms with Crippen molar-refractivity contribution in [2.24, 2.45) is 0 Å². The lowest BCUT2D eigenvalue weighted by atomic mass is 10.5. The summed E-state index contributed by atoms with van der Waals surface area (Å²) in [7, 11) is -9.24. The molecule has 0 aliphatic rings. The highest BCUT2D eigenvalue weighted by molar-refractivity contribution is 8.48. The third kappa shape index (κ3) is 7.74. The topological polar surface area (TPSA) is 0 Å². The van der Waals surface area contributed by atoms with Gasteiger partial charge in [-0.15, -0.1) is 0 Å². The largest absolute Gasteiger partial charge is 0.304 e. The van der Waals surface area contributed by atoms with Crippen molar-refractivity contribution in [3.63, 3.8) is 0 Å². The molecular formula is C4H7F5S. The summed E-state index contributed by atoms with van der Waals surface area (Å²) in [4.78, 5) is 0. The Balaban J connectivity index is 4.58. The van der Waals surface area contributed by atoms with Gasteiger partial charge < -0.3 is 0 Å². The predicted octanol–water partition coefficient (Wildman–Crippen LogP) is 4.21. The van der Waals surface area contributed by atoms with Gasteiger partial charge in [0.25, 0.3) is 0 Å². The first-order valence-electron chi connectivity index (χ1n) is 2.46. The number of halogens is 5. The molecule has 0 rings (SSSR count). The molecule has 0 aliphatic heterocycles. The van der Waals surface area contributed by atoms with E-state index in [4.69, 9.17) is 0 Å². The van der Waals surface area contributed by atoms with Gasteiger partial charge in [-0.1, -0.05) is 32.4 Å². The summed E-state index contributed by atoms with van der Waals surface area (Å²) in [5.74, 6) is 0. The monoisotopic (exact) mass is 182 g/mol. The van der Waals surface area contributed by atoms with Gasteiger partial charge in [-0.05, 0) is 6.42 Å². The second-order valence-electron chi connectivity index (χ2n) is 1.81. The lowest BCUT2D eigenvalue weighted by Gasteiger charge is -2.36. The minimum absolute atomic E-state index is 0.0500. The van der Waals surface area contributed by atoms with Crippen molar-refractivity contribution in [1.82, 2.24) is 0 Å². The Morgan fingerprint density at radius 2 is 1.50 bits per heavy atom. The van der Waals surface area contributed by atoms with E-state index in [1.54, 1.807) is 0 Å². The van der Waals surface area contributed by atoms with E-state index < -0.39 is 15.6 Å². The highest BCUT2D eigenvalue weighted by Crippen LogP contribution is 2.98. The van der Waals surface area contributed by atoms with Crippen molar-refractivity contribution in [2.75, 3.05) is 0 Å². The SMILES string of the molecule is CCC=CS(F)(F)(F)(F)F. The Hall–Kier alpha value is -0.260. The summed E-state index contributed by atoms with van der Waals surface area (Å²) in [6.45, 7) is 1.35. The molecule has 0 aromatic heterocycles. The zero-order chi connectivity index (χ0) is 8.53. The summed E-state index contributed by atoms with van der Waals surface area (Å²) in [6, 6.07) is 0. The van der Waals surface area contributed by atoms with Gasteiger partial charge in [-0.2, -0.15) is 0 Å². The fraction of sp³-hybridized carbons (Fsp3) is 0.500. The fourth-order valence-electron chi connectivity index (χ4n) is 0.278. The van der Waals surface area contributed by atoms with Gasteiger partial charge in [-0.25, -0.2) is 0 Å². The summed E-state index contributed by atoms with van der Waals surface area (Å²) >= 11 is 0. The molecule has 0 fully saturated rings. The van der Waals surface area contributed by atoms with Crippen LogP contribution < -0.4 is 0 Å². The van der Waals surface area contributed by atoms with Crippen molar-refractivity contribution in [3.8, 4) is 0 Å². The maximum Gasteiger partial charge on any atom is 0.304 e. The van der Waals surface area contributed by atoms with Gasteiger partial charge in [0.1, 0.15) is 0 Å². The summed E-state index contributed by atoms with van der Waals surface area (Å²) in [6.07, 6.45) is 0.354. The van der Waals surface area contributed by atoms with Gasteiger partial charge in [0.2, 0.25) is 0 Å². The van der Waals surface area contributed by atoms with Gasteiger partial charge in [-0.3, -0.25) is 0 Å². The molecule has 0 N–H and O–H groups in total. The molecule has 0 aromatic rings. The summed E-state index contributed by atoms with van der Waals surface area (Å²) in [5.41, 5.74) is 0. The van der Waals surface area contributed by atoms with Gasteiger partial charge in [0.15, 0.2) is 0 Å². The maximum absolute atomic E-state index is 11.3. The molecular weight excluding hydrogens is 175 g/mol. The number of hydrogen-bond donors (Lipinski definition) is 0. The summed E-state index contributed by atoms with van der Waals surface area (Å²) < 4.78 is 56.6. The first-order chi connectivity index (χ1) is 4.04. The minimum Gasteiger partial charge on any atom is -0.0942 e. The van der Waals surface area contributed by atoms with Crippen LogP contribution in [0.1, 0.15) is 13.3 Å². The van der Waals surface area contributed by atoms with E-state index in [9.17, 15) is 19.4 Å². The van der Waals surface area contributed by atoms with E-state index in [1.165, 1.54) is 6.92 Å². The fourth-order valence-corrected chi connectivity index (χ4v) is 0.834. The lowest BCUT2D eigenvalue weighted by Crippen LogP contribution is -1.98. The summed E-state index contributed by atoms with van der Waals surface area (Å²) in [5, 5.41) is -0.931. The highest BCUT2D eigenvalue weighted by atomic mass is 32.5. The van der Waals surface area contributed by atoms with Gasteiger partial charge in [0, 0.05) is 0 Å². The minimum atomic E-state index is -9.24. The van der Waals surface area contributed by atoms with Crippen molar-refractivity contribution >= 4 is 10.2 Å². The third-order valence-electron chi connectivity index (χ3n) is 0.589. The first-order valence-corrected chi connectivity index (χ1v) is 4.47. The first kappa shape index (κ1) is 9.74. The van der Waals surface area contributed by atoms with E-state index in [2.05, 4.69) is 0 Å². The molecule has 0 aromatic carbocycles. The molecule has 0 saturated carbocycles. The Morgan fingerprint density at radius 1 is 1.10 bits per heavy atom. The van der Waals surface area contributed by atoms with Crippen LogP contribution in [0.3, 0.4) is 0 Å². The van der Waals surface area contributed by atoms with Crippen LogP contribution in [-0.4, -0.2) is 0 Å². The number of allylic oxidation sites excluding steroid dienone is 1. The van der Waals surface area contributed by atoms with Crippen LogP contribution in [0.25, 0.3) is 0 Å². The van der Waals surface area contributed by atoms with Crippen LogP contribution in [-0.2, 0) is 0 Å². The standard InChI is InChI=1S/C4H7F5S/c1-2-3-4-10(5,6,7,8)9/h3-4H,2H2,1H3. The smallest absolute Gasteiger partial charge is 0.0942 e. The zero-order valence-corrected chi connectivity index (χ0v) is 5.98. The van der Waals surface area contributed by atoms with Crippen molar-refractivity contribution in [3.05, 3.63) is 11.5 Å². The van der Waals surface area contributed by atoms with Crippen LogP contribution in [0.4, 0.5) is 19.4 Å². The number of hydrogen-bond acceptors (Lipinski definition) is 0. The Labute approximate surface area is 55.4 Å². The van der Waals surface area contributed by atoms with Crippen molar-refractivity contribution in [2.45, 2.75) is 13.3 Å². The Kier molecular flexibility index (Phi) is 1.62. The molecule has 0 spiro atoms. The molecule has 6 heteroatoms. The Morgan fingerprint density at radius 3 is 1.60 bits per heavy atom. The average Bonchev–Trinajstić information content (AvgIpc) is 1.55. The zero-order valence-electron chi connectivity index (χ0n) is 5.16. The second kappa shape index (κ2) is 1.66. The van der Waals surface area contributed by atoms with Crippen LogP contribution in [0.2, 0.25) is 0 Å². The molecule has 0 aliphatic carbocycles. The van der Waals surface area contributed by atoms with E-state index in [0.717, 1.165) is 0 Å². The molecule has 64 valence electrons. The maximum atomic E-state index is 11.3. The lowest BCUT2D eigenvalue weighted by molar-refractivity contribution is 0.384. The normalized spacial score (nSPS) is 20.6. The molecule has 0 bridgehead atoms. The third-order valence-corrected chi connectivity index (χ3v) is 1.30. The van der Waals surface area contributed by atoms with Gasteiger partial charge in [0.05, 0.1) is 5.41 Å². The molecule has 0 heterocycles. The Bertz CT molecular complexity index is 149. The average molecular weight is 182 g/mol. The molecule has 0 radical (unpaired) electrons. The van der Waals surface area contributed by atoms with E-state index in [-0.39, 0.29) is 6.42 Å². The molecule has 0 unspecified atom stereocenters. The molecule has 0 atom stereocenters. The molecule has 10 heavy (non-hydrogen) atoms. The van der Waals surface area contributed by atoms with Crippen molar-refractivity contribution < 1.29 is 19.4 Å².